The molecule has 2 saturated heterocycles. The van der Waals surface area contributed by atoms with Crippen LogP contribution in [0.15, 0.2) is 18.2 Å². The summed E-state index contributed by atoms with van der Waals surface area (Å²) in [7, 11) is 0. The normalized spacial score (nSPS) is 28.7. The number of piperidine rings is 1. The maximum absolute atomic E-state index is 3.72. The summed E-state index contributed by atoms with van der Waals surface area (Å²) < 4.78 is 0. The smallest absolute Gasteiger partial charge is 0.0322 e. The summed E-state index contributed by atoms with van der Waals surface area (Å²) >= 11 is 0. The predicted octanol–water partition coefficient (Wildman–Crippen LogP) is 3.83. The maximum atomic E-state index is 3.72. The van der Waals surface area contributed by atoms with Gasteiger partial charge in [-0.25, -0.2) is 0 Å². The van der Waals surface area contributed by atoms with E-state index in [2.05, 4.69) is 49.2 Å². The number of rotatable bonds is 3. The molecule has 2 aliphatic heterocycles. The molecule has 2 aliphatic rings. The molecule has 2 fully saturated rings. The van der Waals surface area contributed by atoms with Gasteiger partial charge in [0.15, 0.2) is 0 Å². The first-order valence-corrected chi connectivity index (χ1v) is 8.70. The van der Waals surface area contributed by atoms with Crippen molar-refractivity contribution in [3.8, 4) is 0 Å². The Morgan fingerprint density at radius 1 is 1.19 bits per heavy atom. The fraction of sp³-hybridized carbons (Fsp3) is 0.684. The molecule has 0 radical (unpaired) electrons. The number of hydrogen-bond acceptors (Lipinski definition) is 2. The summed E-state index contributed by atoms with van der Waals surface area (Å²) in [6.45, 7) is 10.6. The fourth-order valence-electron chi connectivity index (χ4n) is 4.33. The van der Waals surface area contributed by atoms with Gasteiger partial charge < -0.3 is 5.32 Å². The van der Waals surface area contributed by atoms with E-state index >= 15 is 0 Å². The summed E-state index contributed by atoms with van der Waals surface area (Å²) in [5.41, 5.74) is 4.33. The van der Waals surface area contributed by atoms with E-state index in [0.29, 0.717) is 6.04 Å². The Morgan fingerprint density at radius 3 is 2.76 bits per heavy atom. The first-order valence-electron chi connectivity index (χ1n) is 8.70. The number of benzene rings is 1. The van der Waals surface area contributed by atoms with Crippen molar-refractivity contribution in [3.63, 3.8) is 0 Å². The summed E-state index contributed by atoms with van der Waals surface area (Å²) in [6, 6.07) is 8.26. The molecule has 3 atom stereocenters. The van der Waals surface area contributed by atoms with Crippen LogP contribution in [0.4, 0.5) is 0 Å². The fourth-order valence-corrected chi connectivity index (χ4v) is 4.33. The quantitative estimate of drug-likeness (QED) is 0.908. The van der Waals surface area contributed by atoms with E-state index < -0.39 is 0 Å². The third-order valence-corrected chi connectivity index (χ3v) is 5.58. The first-order chi connectivity index (χ1) is 10.1. The lowest BCUT2D eigenvalue weighted by molar-refractivity contribution is 0.114. The van der Waals surface area contributed by atoms with Gasteiger partial charge >= 0.3 is 0 Å². The molecule has 0 spiro atoms. The van der Waals surface area contributed by atoms with E-state index in [1.54, 1.807) is 0 Å². The third-order valence-electron chi connectivity index (χ3n) is 5.58. The van der Waals surface area contributed by atoms with Gasteiger partial charge in [-0.15, -0.1) is 0 Å². The molecule has 0 saturated carbocycles. The van der Waals surface area contributed by atoms with Crippen LogP contribution in [-0.2, 0) is 0 Å². The topological polar surface area (TPSA) is 15.3 Å². The lowest BCUT2D eigenvalue weighted by atomic mass is 9.88. The van der Waals surface area contributed by atoms with Gasteiger partial charge in [0, 0.05) is 18.6 Å². The van der Waals surface area contributed by atoms with Gasteiger partial charge in [-0.05, 0) is 76.6 Å². The SMILES string of the molecule is Cc1ccc(C(C)N2CCCC(C3CCCN3)C2)c(C)c1. The minimum absolute atomic E-state index is 0.551. The van der Waals surface area contributed by atoms with Crippen LogP contribution in [0.1, 0.15) is 55.3 Å². The van der Waals surface area contributed by atoms with Crippen LogP contribution >= 0.6 is 0 Å². The lowest BCUT2D eigenvalue weighted by Gasteiger charge is -2.39. The number of aryl methyl sites for hydroxylation is 2. The van der Waals surface area contributed by atoms with E-state index in [1.165, 1.54) is 62.0 Å². The van der Waals surface area contributed by atoms with E-state index in [4.69, 9.17) is 0 Å². The summed E-state index contributed by atoms with van der Waals surface area (Å²) in [5.74, 6) is 0.856. The van der Waals surface area contributed by atoms with Crippen LogP contribution in [0.5, 0.6) is 0 Å². The zero-order valence-corrected chi connectivity index (χ0v) is 13.9. The molecule has 0 aliphatic carbocycles. The van der Waals surface area contributed by atoms with Crippen molar-refractivity contribution in [3.05, 3.63) is 34.9 Å². The molecule has 3 unspecified atom stereocenters. The van der Waals surface area contributed by atoms with Crippen molar-refractivity contribution in [1.82, 2.24) is 10.2 Å². The molecule has 1 N–H and O–H groups in total. The first kappa shape index (κ1) is 15.1. The van der Waals surface area contributed by atoms with Crippen LogP contribution in [-0.4, -0.2) is 30.6 Å². The number of nitrogens with one attached hydrogen (secondary N) is 1. The minimum atomic E-state index is 0.551. The number of hydrogen-bond donors (Lipinski definition) is 1. The lowest BCUT2D eigenvalue weighted by Crippen LogP contribution is -2.44. The van der Waals surface area contributed by atoms with Gasteiger partial charge in [0.2, 0.25) is 0 Å². The molecule has 3 rings (SSSR count). The molecule has 21 heavy (non-hydrogen) atoms. The second-order valence-electron chi connectivity index (χ2n) is 7.14. The average molecular weight is 286 g/mol. The van der Waals surface area contributed by atoms with Gasteiger partial charge in [0.1, 0.15) is 0 Å². The summed E-state index contributed by atoms with van der Waals surface area (Å²) in [4.78, 5) is 2.71. The van der Waals surface area contributed by atoms with Crippen LogP contribution in [0, 0.1) is 19.8 Å². The molecule has 1 aromatic carbocycles. The molecule has 1 aromatic rings. The van der Waals surface area contributed by atoms with Gasteiger partial charge in [0.25, 0.3) is 0 Å². The van der Waals surface area contributed by atoms with Gasteiger partial charge in [-0.3, -0.25) is 4.90 Å². The molecule has 0 bridgehead atoms. The monoisotopic (exact) mass is 286 g/mol. The second kappa shape index (κ2) is 6.50. The average Bonchev–Trinajstić information content (AvgIpc) is 3.01. The van der Waals surface area contributed by atoms with E-state index in [9.17, 15) is 0 Å². The highest BCUT2D eigenvalue weighted by molar-refractivity contribution is 5.32. The van der Waals surface area contributed by atoms with Crippen molar-refractivity contribution < 1.29 is 0 Å². The van der Waals surface area contributed by atoms with Crippen molar-refractivity contribution in [2.45, 2.75) is 58.5 Å². The third kappa shape index (κ3) is 3.32. The van der Waals surface area contributed by atoms with Crippen molar-refractivity contribution >= 4 is 0 Å². The van der Waals surface area contributed by atoms with Crippen molar-refractivity contribution in [2.75, 3.05) is 19.6 Å². The zero-order chi connectivity index (χ0) is 14.8. The van der Waals surface area contributed by atoms with Gasteiger partial charge in [-0.2, -0.15) is 0 Å². The zero-order valence-electron chi connectivity index (χ0n) is 13.9. The minimum Gasteiger partial charge on any atom is -0.314 e. The Bertz CT molecular complexity index is 476. The highest BCUT2D eigenvalue weighted by atomic mass is 15.2. The molecule has 116 valence electrons. The Kier molecular flexibility index (Phi) is 4.66. The van der Waals surface area contributed by atoms with Gasteiger partial charge in [-0.1, -0.05) is 23.8 Å². The van der Waals surface area contributed by atoms with Crippen LogP contribution in [0.25, 0.3) is 0 Å². The molecular weight excluding hydrogens is 256 g/mol. The second-order valence-corrected chi connectivity index (χ2v) is 7.14. The Morgan fingerprint density at radius 2 is 2.05 bits per heavy atom. The molecule has 0 amide bonds. The summed E-state index contributed by atoms with van der Waals surface area (Å²) in [6.07, 6.45) is 5.52. The highest BCUT2D eigenvalue weighted by Gasteiger charge is 2.31. The number of likely N-dealkylation sites (tertiary alicyclic amines) is 1. The van der Waals surface area contributed by atoms with Crippen molar-refractivity contribution in [2.24, 2.45) is 5.92 Å². The van der Waals surface area contributed by atoms with Crippen LogP contribution in [0.3, 0.4) is 0 Å². The molecular formula is C19H30N2. The molecule has 0 aromatic heterocycles. The van der Waals surface area contributed by atoms with Crippen LogP contribution < -0.4 is 5.32 Å². The predicted molar refractivity (Wildman–Crippen MR) is 89.7 cm³/mol. The molecule has 2 nitrogen and oxygen atoms in total. The molecule has 2 heterocycles. The Labute approximate surface area is 129 Å². The highest BCUT2D eigenvalue weighted by Crippen LogP contribution is 2.31. The largest absolute Gasteiger partial charge is 0.314 e. The van der Waals surface area contributed by atoms with E-state index in [-0.39, 0.29) is 0 Å². The Hall–Kier alpha value is -0.860. The van der Waals surface area contributed by atoms with Crippen molar-refractivity contribution in [1.29, 1.82) is 0 Å². The molecule has 2 heteroatoms. The standard InChI is InChI=1S/C19H30N2/c1-14-8-9-18(15(2)12-14)16(3)21-11-5-6-17(13-21)19-7-4-10-20-19/h8-9,12,16-17,19-20H,4-7,10-11,13H2,1-3H3. The maximum Gasteiger partial charge on any atom is 0.0322 e. The van der Waals surface area contributed by atoms with Crippen LogP contribution in [0.2, 0.25) is 0 Å². The van der Waals surface area contributed by atoms with E-state index in [1.807, 2.05) is 0 Å². The van der Waals surface area contributed by atoms with E-state index in [0.717, 1.165) is 12.0 Å². The number of nitrogens with zero attached hydrogens (tertiary/aromatic N) is 1. The Balaban J connectivity index is 1.70. The summed E-state index contributed by atoms with van der Waals surface area (Å²) in [5, 5.41) is 3.72. The van der Waals surface area contributed by atoms with Gasteiger partial charge in [0.05, 0.1) is 0 Å².